The number of nitrogens with zero attached hydrogens (tertiary/aromatic N) is 2. The smallest absolute Gasteiger partial charge is 0.305 e. The van der Waals surface area contributed by atoms with Crippen molar-refractivity contribution < 1.29 is 0 Å². The fourth-order valence-corrected chi connectivity index (χ4v) is 1.24. The van der Waals surface area contributed by atoms with Gasteiger partial charge in [0.15, 0.2) is 0 Å². The minimum atomic E-state index is -0.344. The number of hydrogen-bond acceptors (Lipinski definition) is 3. The number of aryl methyl sites for hydroxylation is 1. The highest BCUT2D eigenvalue weighted by atomic mass is 16.1. The summed E-state index contributed by atoms with van der Waals surface area (Å²) in [6.45, 7) is 1.95. The van der Waals surface area contributed by atoms with Gasteiger partial charge in [0.1, 0.15) is 0 Å². The molecule has 0 bridgehead atoms. The maximum absolute atomic E-state index is 11.0. The topological polar surface area (TPSA) is 58.6 Å². The largest absolute Gasteiger partial charge is 0.345 e. The van der Waals surface area contributed by atoms with Gasteiger partial charge in [-0.15, -0.1) is 0 Å². The molecule has 2 aromatic heterocycles. The van der Waals surface area contributed by atoms with E-state index in [1.807, 2.05) is 13.0 Å². The summed E-state index contributed by atoms with van der Waals surface area (Å²) in [5.74, 6) is 0. The van der Waals surface area contributed by atoms with E-state index in [0.717, 1.165) is 16.8 Å². The maximum Gasteiger partial charge on any atom is 0.345 e. The van der Waals surface area contributed by atoms with Gasteiger partial charge in [0, 0.05) is 24.2 Å². The van der Waals surface area contributed by atoms with Crippen molar-refractivity contribution in [2.45, 2.75) is 6.92 Å². The van der Waals surface area contributed by atoms with E-state index in [4.69, 9.17) is 0 Å². The van der Waals surface area contributed by atoms with Crippen molar-refractivity contribution >= 4 is 0 Å². The van der Waals surface area contributed by atoms with Crippen LogP contribution >= 0.6 is 0 Å². The first-order valence-electron chi connectivity index (χ1n) is 4.23. The SMILES string of the molecule is Cc1cncc(-c2ccnc(=O)[nH]2)c1. The Hall–Kier alpha value is -1.97. The first-order chi connectivity index (χ1) is 6.75. The molecule has 0 radical (unpaired) electrons. The number of aromatic amines is 1. The summed E-state index contributed by atoms with van der Waals surface area (Å²) in [6, 6.07) is 3.70. The highest BCUT2D eigenvalue weighted by Crippen LogP contribution is 2.14. The molecule has 0 spiro atoms. The van der Waals surface area contributed by atoms with Crippen molar-refractivity contribution in [3.8, 4) is 11.3 Å². The van der Waals surface area contributed by atoms with E-state index in [1.54, 1.807) is 18.5 Å². The third-order valence-electron chi connectivity index (χ3n) is 1.86. The minimum absolute atomic E-state index is 0.344. The summed E-state index contributed by atoms with van der Waals surface area (Å²) in [5, 5.41) is 0. The number of rotatable bonds is 1. The van der Waals surface area contributed by atoms with Gasteiger partial charge < -0.3 is 4.98 Å². The van der Waals surface area contributed by atoms with E-state index >= 15 is 0 Å². The Labute approximate surface area is 80.7 Å². The summed E-state index contributed by atoms with van der Waals surface area (Å²) in [5.41, 5.74) is 2.34. The second-order valence-electron chi connectivity index (χ2n) is 3.04. The molecule has 1 N–H and O–H groups in total. The molecule has 0 fully saturated rings. The molecule has 4 nitrogen and oxygen atoms in total. The van der Waals surface area contributed by atoms with Gasteiger partial charge in [0.2, 0.25) is 0 Å². The van der Waals surface area contributed by atoms with Crippen LogP contribution in [0, 0.1) is 6.92 Å². The Kier molecular flexibility index (Phi) is 2.10. The summed E-state index contributed by atoms with van der Waals surface area (Å²) in [6.07, 6.45) is 4.96. The quantitative estimate of drug-likeness (QED) is 0.728. The van der Waals surface area contributed by atoms with Gasteiger partial charge in [-0.05, 0) is 24.6 Å². The summed E-state index contributed by atoms with van der Waals surface area (Å²) in [7, 11) is 0. The molecule has 0 saturated carbocycles. The first kappa shape index (κ1) is 8.62. The van der Waals surface area contributed by atoms with Crippen LogP contribution in [0.3, 0.4) is 0 Å². The predicted octanol–water partition coefficient (Wildman–Crippen LogP) is 1.14. The van der Waals surface area contributed by atoms with E-state index in [9.17, 15) is 4.79 Å². The van der Waals surface area contributed by atoms with Crippen LogP contribution in [0.1, 0.15) is 5.56 Å². The first-order valence-corrected chi connectivity index (χ1v) is 4.23. The Morgan fingerprint density at radius 1 is 1.36 bits per heavy atom. The van der Waals surface area contributed by atoms with Gasteiger partial charge in [0.05, 0.1) is 5.69 Å². The molecule has 14 heavy (non-hydrogen) atoms. The molecular formula is C10H9N3O. The van der Waals surface area contributed by atoms with Crippen LogP contribution in [0.5, 0.6) is 0 Å². The van der Waals surface area contributed by atoms with Crippen molar-refractivity contribution in [3.63, 3.8) is 0 Å². The molecule has 4 heteroatoms. The molecule has 0 aromatic carbocycles. The fraction of sp³-hybridized carbons (Fsp3) is 0.100. The lowest BCUT2D eigenvalue weighted by atomic mass is 10.1. The van der Waals surface area contributed by atoms with Gasteiger partial charge in [-0.2, -0.15) is 0 Å². The molecule has 0 unspecified atom stereocenters. The van der Waals surface area contributed by atoms with Crippen LogP contribution in [-0.2, 0) is 0 Å². The van der Waals surface area contributed by atoms with Crippen molar-refractivity contribution in [1.82, 2.24) is 15.0 Å². The molecule has 2 aromatic rings. The average Bonchev–Trinajstić information content (AvgIpc) is 2.18. The molecular weight excluding hydrogens is 178 g/mol. The van der Waals surface area contributed by atoms with E-state index in [-0.39, 0.29) is 5.69 Å². The van der Waals surface area contributed by atoms with Crippen molar-refractivity contribution in [1.29, 1.82) is 0 Å². The lowest BCUT2D eigenvalue weighted by Gasteiger charge is -2.00. The zero-order valence-corrected chi connectivity index (χ0v) is 7.69. The van der Waals surface area contributed by atoms with Crippen LogP contribution < -0.4 is 5.69 Å². The summed E-state index contributed by atoms with van der Waals surface area (Å²) >= 11 is 0. The molecule has 0 aliphatic rings. The third kappa shape index (κ3) is 1.69. The lowest BCUT2D eigenvalue weighted by Crippen LogP contribution is -2.09. The highest BCUT2D eigenvalue weighted by molar-refractivity contribution is 5.57. The van der Waals surface area contributed by atoms with E-state index in [1.165, 1.54) is 6.20 Å². The zero-order valence-electron chi connectivity index (χ0n) is 7.69. The Morgan fingerprint density at radius 2 is 2.21 bits per heavy atom. The van der Waals surface area contributed by atoms with Gasteiger partial charge >= 0.3 is 5.69 Å². The molecule has 2 heterocycles. The van der Waals surface area contributed by atoms with Gasteiger partial charge in [0.25, 0.3) is 0 Å². The van der Waals surface area contributed by atoms with Gasteiger partial charge in [-0.1, -0.05) is 0 Å². The molecule has 0 amide bonds. The number of hydrogen-bond donors (Lipinski definition) is 1. The van der Waals surface area contributed by atoms with Crippen LogP contribution in [0.4, 0.5) is 0 Å². The zero-order chi connectivity index (χ0) is 9.97. The second kappa shape index (κ2) is 3.41. The van der Waals surface area contributed by atoms with E-state index in [0.29, 0.717) is 0 Å². The average molecular weight is 187 g/mol. The monoisotopic (exact) mass is 187 g/mol. The van der Waals surface area contributed by atoms with Crippen molar-refractivity contribution in [2.24, 2.45) is 0 Å². The molecule has 0 aliphatic heterocycles. The standard InChI is InChI=1S/C10H9N3O/c1-7-4-8(6-11-5-7)9-2-3-12-10(14)13-9/h2-6H,1H3,(H,12,13,14). The van der Waals surface area contributed by atoms with Crippen LogP contribution in [-0.4, -0.2) is 15.0 Å². The van der Waals surface area contributed by atoms with Crippen molar-refractivity contribution in [3.05, 3.63) is 46.8 Å². The Morgan fingerprint density at radius 3 is 2.93 bits per heavy atom. The minimum Gasteiger partial charge on any atom is -0.305 e. The van der Waals surface area contributed by atoms with Gasteiger partial charge in [-0.3, -0.25) is 4.98 Å². The predicted molar refractivity (Wildman–Crippen MR) is 52.8 cm³/mol. The number of nitrogens with one attached hydrogen (secondary N) is 1. The normalized spacial score (nSPS) is 10.1. The Bertz CT molecular complexity index is 504. The fourth-order valence-electron chi connectivity index (χ4n) is 1.24. The van der Waals surface area contributed by atoms with E-state index < -0.39 is 0 Å². The second-order valence-corrected chi connectivity index (χ2v) is 3.04. The number of aromatic nitrogens is 3. The van der Waals surface area contributed by atoms with E-state index in [2.05, 4.69) is 15.0 Å². The lowest BCUT2D eigenvalue weighted by molar-refractivity contribution is 1.08. The summed E-state index contributed by atoms with van der Waals surface area (Å²) in [4.78, 5) is 21.2. The molecule has 0 atom stereocenters. The number of pyridine rings is 1. The molecule has 70 valence electrons. The molecule has 2 rings (SSSR count). The maximum atomic E-state index is 11.0. The molecule has 0 aliphatic carbocycles. The summed E-state index contributed by atoms with van der Waals surface area (Å²) < 4.78 is 0. The van der Waals surface area contributed by atoms with Crippen LogP contribution in [0.25, 0.3) is 11.3 Å². The highest BCUT2D eigenvalue weighted by Gasteiger charge is 1.98. The van der Waals surface area contributed by atoms with Crippen molar-refractivity contribution in [2.75, 3.05) is 0 Å². The third-order valence-corrected chi connectivity index (χ3v) is 1.86. The van der Waals surface area contributed by atoms with Crippen LogP contribution in [0.2, 0.25) is 0 Å². The Balaban J connectivity index is 2.55. The van der Waals surface area contributed by atoms with Gasteiger partial charge in [-0.25, -0.2) is 9.78 Å². The number of H-pyrrole nitrogens is 1. The van der Waals surface area contributed by atoms with Crippen LogP contribution in [0.15, 0.2) is 35.5 Å². The molecule has 0 saturated heterocycles.